The molecule has 0 spiro atoms. The van der Waals surface area contributed by atoms with Gasteiger partial charge in [0.05, 0.1) is 0 Å². The molecular formula is GeOSiSn. The molecule has 0 aliphatic heterocycles. The van der Waals surface area contributed by atoms with E-state index in [1.165, 1.54) is 0 Å². The maximum atomic E-state index is 8.34. The van der Waals surface area contributed by atoms with E-state index < -0.39 is 0 Å². The summed E-state index contributed by atoms with van der Waals surface area (Å²) in [5, 5.41) is 0. The van der Waals surface area contributed by atoms with Crippen LogP contribution in [0.3, 0.4) is 0 Å². The standard InChI is InChI=1S/Ge.O.Si.Sn. The fourth-order valence-corrected chi connectivity index (χ4v) is 0. The van der Waals surface area contributed by atoms with Gasteiger partial charge in [-0.1, -0.05) is 0 Å². The van der Waals surface area contributed by atoms with Crippen molar-refractivity contribution in [3.63, 3.8) is 0 Å². The predicted octanol–water partition coefficient (Wildman–Crippen LogP) is -1.26. The van der Waals surface area contributed by atoms with E-state index in [9.17, 15) is 0 Å². The molecule has 4 heavy (non-hydrogen) atoms. The molecule has 0 aromatic heterocycles. The summed E-state index contributed by atoms with van der Waals surface area (Å²) in [6.45, 7) is 0. The Morgan fingerprint density at radius 1 is 1.25 bits per heavy atom. The molecule has 0 bridgehead atoms. The zero-order valence-corrected chi connectivity index (χ0v) is 7.86. The van der Waals surface area contributed by atoms with E-state index >= 15 is 0 Å². The Bertz CT molecular complexity index is 8.00. The molecule has 0 fully saturated rings. The molecule has 0 aliphatic carbocycles. The van der Waals surface area contributed by atoms with Gasteiger partial charge in [0.25, 0.3) is 0 Å². The van der Waals surface area contributed by atoms with E-state index in [-0.39, 0.29) is 28.6 Å². The molecule has 1 nitrogen and oxygen atoms in total. The summed E-state index contributed by atoms with van der Waals surface area (Å²) in [7, 11) is 0. The van der Waals surface area contributed by atoms with Gasteiger partial charge in [0.2, 0.25) is 0 Å². The molecule has 0 saturated carbocycles. The van der Waals surface area contributed by atoms with Crippen molar-refractivity contribution in [1.29, 1.82) is 0 Å². The maximum absolute atomic E-state index is 8.34. The normalized spacial score (nSPS) is 1.00. The van der Waals surface area contributed by atoms with Crippen LogP contribution in [0.2, 0.25) is 0 Å². The van der Waals surface area contributed by atoms with Crippen LogP contribution in [0.4, 0.5) is 0 Å². The van der Waals surface area contributed by atoms with Gasteiger partial charge in [0.1, 0.15) is 0 Å². The van der Waals surface area contributed by atoms with Gasteiger partial charge < -0.3 is 0 Å². The SMILES string of the molecule is [Ge].[O]=[Sn].[Si]. The van der Waals surface area contributed by atoms with Crippen LogP contribution in [0, 0.1) is 0 Å². The van der Waals surface area contributed by atoms with Crippen molar-refractivity contribution in [2.24, 2.45) is 0 Å². The zero-order chi connectivity index (χ0) is 2.00. The third kappa shape index (κ3) is 10.1. The van der Waals surface area contributed by atoms with Crippen LogP contribution >= 0.6 is 0 Å². The summed E-state index contributed by atoms with van der Waals surface area (Å²) in [5.41, 5.74) is 0. The van der Waals surface area contributed by atoms with Crippen molar-refractivity contribution < 1.29 is 3.08 Å². The first-order valence-corrected chi connectivity index (χ1v) is 1.37. The van der Waals surface area contributed by atoms with Crippen molar-refractivity contribution in [3.05, 3.63) is 0 Å². The van der Waals surface area contributed by atoms with E-state index in [2.05, 4.69) is 0 Å². The first-order valence-electron chi connectivity index (χ1n) is 0.204. The minimum atomic E-state index is 0. The summed E-state index contributed by atoms with van der Waals surface area (Å²) in [6, 6.07) is 0. The summed E-state index contributed by atoms with van der Waals surface area (Å²) in [4.78, 5) is 0. The Balaban J connectivity index is -0.00000000500. The minimum absolute atomic E-state index is 0. The molecule has 18 valence electrons. The molecule has 0 heterocycles. The topological polar surface area (TPSA) is 17.1 Å². The summed E-state index contributed by atoms with van der Waals surface area (Å²) < 4.78 is 8.34. The molecule has 0 amide bonds. The van der Waals surface area contributed by atoms with Crippen LogP contribution in [-0.2, 0) is 3.08 Å². The van der Waals surface area contributed by atoms with Gasteiger partial charge in [0.15, 0.2) is 0 Å². The van der Waals surface area contributed by atoms with Gasteiger partial charge >= 0.3 is 25.6 Å². The molecule has 0 saturated heterocycles. The Hall–Kier alpha value is 1.36. The number of hydrogen-bond donors (Lipinski definition) is 0. The average Bonchev–Trinajstić information content (AvgIpc) is 1.00. The van der Waals surface area contributed by atoms with Crippen LogP contribution in [0.1, 0.15) is 0 Å². The fourth-order valence-electron chi connectivity index (χ4n) is 0. The largest absolute Gasteiger partial charge is 0 e. The van der Waals surface area contributed by atoms with E-state index in [4.69, 9.17) is 3.08 Å². The third-order valence-electron chi connectivity index (χ3n) is 0. The van der Waals surface area contributed by atoms with Crippen molar-refractivity contribution in [2.75, 3.05) is 0 Å². The number of hydrogen-bond acceptors (Lipinski definition) is 1. The molecule has 0 N–H and O–H groups in total. The second-order valence-corrected chi connectivity index (χ2v) is 0. The third-order valence-corrected chi connectivity index (χ3v) is 0. The van der Waals surface area contributed by atoms with Crippen LogP contribution in [0.15, 0.2) is 0 Å². The summed E-state index contributed by atoms with van der Waals surface area (Å²) in [5.74, 6) is 0. The maximum Gasteiger partial charge on any atom is 0 e. The van der Waals surface area contributed by atoms with Crippen molar-refractivity contribution >= 4 is 51.1 Å². The number of rotatable bonds is 0. The van der Waals surface area contributed by atoms with Crippen LogP contribution in [0.5, 0.6) is 0 Å². The molecule has 0 aromatic carbocycles. The molecule has 4 heteroatoms. The van der Waals surface area contributed by atoms with E-state index in [1.807, 2.05) is 0 Å². The Morgan fingerprint density at radius 3 is 1.25 bits per heavy atom. The Kier molecular flexibility index (Phi) is 122. The quantitative estimate of drug-likeness (QED) is 0.479. The predicted molar refractivity (Wildman–Crippen MR) is 17.9 cm³/mol. The van der Waals surface area contributed by atoms with Crippen molar-refractivity contribution in [2.45, 2.75) is 0 Å². The zero-order valence-electron chi connectivity index (χ0n) is 1.91. The Morgan fingerprint density at radius 2 is 1.25 bits per heavy atom. The van der Waals surface area contributed by atoms with Crippen molar-refractivity contribution in [3.8, 4) is 0 Å². The first-order chi connectivity index (χ1) is 1.00. The molecular weight excluding hydrogens is 235 g/mol. The van der Waals surface area contributed by atoms with Crippen LogP contribution < -0.4 is 0 Å². The molecule has 0 aromatic rings. The molecule has 0 aliphatic rings. The van der Waals surface area contributed by atoms with Crippen LogP contribution in [-0.4, -0.2) is 51.1 Å². The molecule has 10 radical (unpaired) electrons. The molecule has 0 atom stereocenters. The Labute approximate surface area is 54.0 Å². The van der Waals surface area contributed by atoms with Gasteiger partial charge in [-0.05, 0) is 0 Å². The van der Waals surface area contributed by atoms with Gasteiger partial charge in [0, 0.05) is 28.6 Å². The van der Waals surface area contributed by atoms with Gasteiger partial charge in [-0.15, -0.1) is 0 Å². The summed E-state index contributed by atoms with van der Waals surface area (Å²) >= 11 is 0.300. The smallest absolute Gasteiger partial charge is 0 e. The fraction of sp³-hybridized carbons (Fsp3) is 0. The van der Waals surface area contributed by atoms with Gasteiger partial charge in [-0.2, -0.15) is 0 Å². The van der Waals surface area contributed by atoms with E-state index in [0.29, 0.717) is 22.5 Å². The van der Waals surface area contributed by atoms with E-state index in [1.54, 1.807) is 0 Å². The minimum Gasteiger partial charge on any atom is 0 e. The van der Waals surface area contributed by atoms with E-state index in [0.717, 1.165) is 0 Å². The average molecular weight is 235 g/mol. The second kappa shape index (κ2) is 26.6. The second-order valence-electron chi connectivity index (χ2n) is 0. The first kappa shape index (κ1) is 18.3. The van der Waals surface area contributed by atoms with Crippen molar-refractivity contribution in [1.82, 2.24) is 0 Å². The van der Waals surface area contributed by atoms with Gasteiger partial charge in [-0.25, -0.2) is 0 Å². The monoisotopic (exact) mass is 238 g/mol. The molecule has 0 unspecified atom stereocenters. The van der Waals surface area contributed by atoms with Crippen LogP contribution in [0.25, 0.3) is 0 Å². The summed E-state index contributed by atoms with van der Waals surface area (Å²) in [6.07, 6.45) is 0. The van der Waals surface area contributed by atoms with Gasteiger partial charge in [-0.3, -0.25) is 0 Å². The molecule has 0 rings (SSSR count).